The van der Waals surface area contributed by atoms with Crippen molar-refractivity contribution in [3.63, 3.8) is 0 Å². The van der Waals surface area contributed by atoms with E-state index in [4.69, 9.17) is 10.5 Å². The molecule has 1 heterocycles. The van der Waals surface area contributed by atoms with E-state index >= 15 is 0 Å². The van der Waals surface area contributed by atoms with Crippen molar-refractivity contribution in [1.29, 1.82) is 0 Å². The number of hydrogen-bond donors (Lipinski definition) is 1. The van der Waals surface area contributed by atoms with Gasteiger partial charge in [0.05, 0.1) is 18.1 Å². The third-order valence-electron chi connectivity index (χ3n) is 4.68. The lowest BCUT2D eigenvalue weighted by atomic mass is 9.78. The van der Waals surface area contributed by atoms with Crippen molar-refractivity contribution >= 4 is 5.91 Å². The lowest BCUT2D eigenvalue weighted by Gasteiger charge is -2.36. The highest BCUT2D eigenvalue weighted by atomic mass is 16.5. The third kappa shape index (κ3) is 2.69. The minimum absolute atomic E-state index is 0.252. The number of amides is 1. The van der Waals surface area contributed by atoms with E-state index in [1.807, 2.05) is 11.9 Å². The monoisotopic (exact) mass is 254 g/mol. The number of nitrogens with two attached hydrogens (primary N) is 1. The molecule has 2 rings (SSSR count). The van der Waals surface area contributed by atoms with Crippen LogP contribution in [-0.4, -0.2) is 43.7 Å². The first-order valence-electron chi connectivity index (χ1n) is 7.25. The van der Waals surface area contributed by atoms with E-state index < -0.39 is 0 Å². The summed E-state index contributed by atoms with van der Waals surface area (Å²) in [5.74, 6) is 0.252. The zero-order valence-electron chi connectivity index (χ0n) is 11.5. The summed E-state index contributed by atoms with van der Waals surface area (Å²) in [6.07, 6.45) is 7.63. The van der Waals surface area contributed by atoms with Crippen LogP contribution in [0.3, 0.4) is 0 Å². The largest absolute Gasteiger partial charge is 0.379 e. The number of ether oxygens (including phenoxy) is 1. The minimum atomic E-state index is -0.298. The van der Waals surface area contributed by atoms with Crippen LogP contribution in [0.1, 0.15) is 44.9 Å². The molecule has 4 heteroatoms. The molecule has 1 aliphatic carbocycles. The quantitative estimate of drug-likeness (QED) is 0.777. The van der Waals surface area contributed by atoms with E-state index in [2.05, 4.69) is 0 Å². The third-order valence-corrected chi connectivity index (χ3v) is 4.68. The van der Waals surface area contributed by atoms with Crippen LogP contribution in [-0.2, 0) is 9.53 Å². The van der Waals surface area contributed by atoms with Crippen molar-refractivity contribution in [2.45, 2.75) is 51.0 Å². The second kappa shape index (κ2) is 6.02. The van der Waals surface area contributed by atoms with Gasteiger partial charge in [0, 0.05) is 20.2 Å². The van der Waals surface area contributed by atoms with Crippen LogP contribution in [0.15, 0.2) is 0 Å². The lowest BCUT2D eigenvalue weighted by molar-refractivity contribution is -0.143. The van der Waals surface area contributed by atoms with Gasteiger partial charge in [-0.2, -0.15) is 0 Å². The van der Waals surface area contributed by atoms with Crippen LogP contribution in [0.25, 0.3) is 0 Å². The fourth-order valence-electron chi connectivity index (χ4n) is 3.28. The smallest absolute Gasteiger partial charge is 0.230 e. The molecule has 0 spiro atoms. The van der Waals surface area contributed by atoms with Gasteiger partial charge >= 0.3 is 0 Å². The van der Waals surface area contributed by atoms with Crippen molar-refractivity contribution in [2.24, 2.45) is 11.1 Å². The molecule has 18 heavy (non-hydrogen) atoms. The summed E-state index contributed by atoms with van der Waals surface area (Å²) in [6.45, 7) is 1.95. The summed E-state index contributed by atoms with van der Waals surface area (Å²) in [6, 6.07) is 0.254. The molecular weight excluding hydrogens is 228 g/mol. The summed E-state index contributed by atoms with van der Waals surface area (Å²) < 4.78 is 5.38. The average Bonchev–Trinajstić information content (AvgIpc) is 2.82. The van der Waals surface area contributed by atoms with Gasteiger partial charge in [-0.25, -0.2) is 0 Å². The zero-order valence-corrected chi connectivity index (χ0v) is 11.5. The molecule has 0 aromatic carbocycles. The van der Waals surface area contributed by atoms with Gasteiger partial charge in [0.15, 0.2) is 0 Å². The maximum absolute atomic E-state index is 12.8. The van der Waals surface area contributed by atoms with Gasteiger partial charge in [-0.05, 0) is 19.3 Å². The molecular formula is C14H26N2O2. The zero-order chi connectivity index (χ0) is 13.0. The lowest BCUT2D eigenvalue weighted by Crippen LogP contribution is -2.50. The molecule has 2 fully saturated rings. The van der Waals surface area contributed by atoms with Crippen molar-refractivity contribution < 1.29 is 9.53 Å². The molecule has 1 atom stereocenters. The predicted molar refractivity (Wildman–Crippen MR) is 71.2 cm³/mol. The SMILES string of the molecule is CN(C(=O)C1(CN)CCCCCC1)C1CCOC1. The topological polar surface area (TPSA) is 55.6 Å². The van der Waals surface area contributed by atoms with Crippen LogP contribution in [0.4, 0.5) is 0 Å². The number of nitrogens with zero attached hydrogens (tertiary/aromatic N) is 1. The van der Waals surface area contributed by atoms with E-state index in [1.165, 1.54) is 12.8 Å². The minimum Gasteiger partial charge on any atom is -0.379 e. The van der Waals surface area contributed by atoms with Crippen molar-refractivity contribution in [3.05, 3.63) is 0 Å². The molecule has 4 nitrogen and oxygen atoms in total. The summed E-state index contributed by atoms with van der Waals surface area (Å²) in [5, 5.41) is 0. The van der Waals surface area contributed by atoms with Crippen molar-refractivity contribution in [2.75, 3.05) is 26.8 Å². The van der Waals surface area contributed by atoms with Gasteiger partial charge in [0.25, 0.3) is 0 Å². The van der Waals surface area contributed by atoms with Crippen LogP contribution < -0.4 is 5.73 Å². The van der Waals surface area contributed by atoms with Crippen LogP contribution in [0.5, 0.6) is 0 Å². The predicted octanol–water partition coefficient (Wildman–Crippen LogP) is 1.53. The average molecular weight is 254 g/mol. The molecule has 0 radical (unpaired) electrons. The maximum atomic E-state index is 12.8. The number of likely N-dealkylation sites (N-methyl/N-ethyl adjacent to an activating group) is 1. The molecule has 1 saturated heterocycles. The highest BCUT2D eigenvalue weighted by Crippen LogP contribution is 2.36. The first kappa shape index (κ1) is 13.8. The standard InChI is InChI=1S/C14H26N2O2/c1-16(12-6-9-18-10-12)13(17)14(11-15)7-4-2-3-5-8-14/h12H,2-11,15H2,1H3. The Balaban J connectivity index is 2.07. The van der Waals surface area contributed by atoms with Crippen LogP contribution in [0, 0.1) is 5.41 Å². The summed E-state index contributed by atoms with van der Waals surface area (Å²) in [5.41, 5.74) is 5.67. The van der Waals surface area contributed by atoms with Gasteiger partial charge in [0.1, 0.15) is 0 Å². The molecule has 1 unspecified atom stereocenters. The molecule has 2 aliphatic rings. The molecule has 1 amide bonds. The highest BCUT2D eigenvalue weighted by molar-refractivity contribution is 5.83. The first-order chi connectivity index (χ1) is 8.69. The second-order valence-corrected chi connectivity index (χ2v) is 5.83. The van der Waals surface area contributed by atoms with Crippen molar-refractivity contribution in [3.8, 4) is 0 Å². The van der Waals surface area contributed by atoms with Gasteiger partial charge < -0.3 is 15.4 Å². The normalized spacial score (nSPS) is 27.8. The molecule has 104 valence electrons. The Morgan fingerprint density at radius 2 is 2.00 bits per heavy atom. The number of rotatable bonds is 3. The van der Waals surface area contributed by atoms with Gasteiger partial charge in [-0.1, -0.05) is 25.7 Å². The maximum Gasteiger partial charge on any atom is 0.230 e. The Morgan fingerprint density at radius 1 is 1.33 bits per heavy atom. The second-order valence-electron chi connectivity index (χ2n) is 5.83. The molecule has 1 aliphatic heterocycles. The van der Waals surface area contributed by atoms with Gasteiger partial charge in [-0.3, -0.25) is 4.79 Å². The Bertz CT molecular complexity index is 280. The van der Waals surface area contributed by atoms with E-state index in [-0.39, 0.29) is 17.4 Å². The number of carbonyl (C=O) groups is 1. The molecule has 0 aromatic rings. The van der Waals surface area contributed by atoms with Crippen LogP contribution in [0.2, 0.25) is 0 Å². The van der Waals surface area contributed by atoms with Gasteiger partial charge in [0.2, 0.25) is 5.91 Å². The Morgan fingerprint density at radius 3 is 2.50 bits per heavy atom. The van der Waals surface area contributed by atoms with E-state index in [0.29, 0.717) is 13.2 Å². The Hall–Kier alpha value is -0.610. The molecule has 0 bridgehead atoms. The van der Waals surface area contributed by atoms with E-state index in [0.717, 1.165) is 38.7 Å². The van der Waals surface area contributed by atoms with E-state index in [9.17, 15) is 4.79 Å². The first-order valence-corrected chi connectivity index (χ1v) is 7.25. The Kier molecular flexibility index (Phi) is 4.62. The summed E-state index contributed by atoms with van der Waals surface area (Å²) >= 11 is 0. The van der Waals surface area contributed by atoms with Crippen molar-refractivity contribution in [1.82, 2.24) is 4.90 Å². The summed E-state index contributed by atoms with van der Waals surface area (Å²) in [4.78, 5) is 14.7. The highest BCUT2D eigenvalue weighted by Gasteiger charge is 2.41. The number of hydrogen-bond acceptors (Lipinski definition) is 3. The molecule has 0 aromatic heterocycles. The van der Waals surface area contributed by atoms with Gasteiger partial charge in [-0.15, -0.1) is 0 Å². The number of carbonyl (C=O) groups excluding carboxylic acids is 1. The molecule has 2 N–H and O–H groups in total. The fourth-order valence-corrected chi connectivity index (χ4v) is 3.28. The van der Waals surface area contributed by atoms with Crippen LogP contribution >= 0.6 is 0 Å². The Labute approximate surface area is 110 Å². The van der Waals surface area contributed by atoms with E-state index in [1.54, 1.807) is 0 Å². The summed E-state index contributed by atoms with van der Waals surface area (Å²) in [7, 11) is 1.92. The molecule has 1 saturated carbocycles. The fraction of sp³-hybridized carbons (Fsp3) is 0.929.